The normalized spacial score (nSPS) is 20.6. The van der Waals surface area contributed by atoms with Crippen molar-refractivity contribution in [2.24, 2.45) is 17.8 Å². The van der Waals surface area contributed by atoms with Crippen molar-refractivity contribution in [2.45, 2.75) is 143 Å². The van der Waals surface area contributed by atoms with Crippen molar-refractivity contribution in [3.63, 3.8) is 0 Å². The molecule has 0 aromatic carbocycles. The van der Waals surface area contributed by atoms with Crippen LogP contribution in [0.25, 0.3) is 0 Å². The van der Waals surface area contributed by atoms with E-state index in [0.29, 0.717) is 12.3 Å². The highest BCUT2D eigenvalue weighted by Gasteiger charge is 2.34. The SMILES string of the molecule is CCCCCCC1C=CC(CCCCCCCC(=O)OOC(C)(C)C)C(C(=O)OOC(C)(C)C)C1. The van der Waals surface area contributed by atoms with Crippen LogP contribution in [-0.4, -0.2) is 23.1 Å². The number of rotatable bonds is 16. The summed E-state index contributed by atoms with van der Waals surface area (Å²) in [6.07, 6.45) is 17.9. The first kappa shape index (κ1) is 31.6. The highest BCUT2D eigenvalue weighted by molar-refractivity contribution is 5.72. The highest BCUT2D eigenvalue weighted by atomic mass is 17.2. The fourth-order valence-electron chi connectivity index (χ4n) is 4.25. The summed E-state index contributed by atoms with van der Waals surface area (Å²) in [5, 5.41) is 0. The first-order valence-electron chi connectivity index (χ1n) is 13.9. The lowest BCUT2D eigenvalue weighted by Gasteiger charge is -2.31. The molecule has 0 heterocycles. The van der Waals surface area contributed by atoms with Crippen LogP contribution in [0.5, 0.6) is 0 Å². The monoisotopic (exact) mass is 496 g/mol. The zero-order chi connectivity index (χ0) is 26.3. The molecular formula is C29H52O6. The molecule has 0 radical (unpaired) electrons. The van der Waals surface area contributed by atoms with Gasteiger partial charge in [-0.15, -0.1) is 0 Å². The molecular weight excluding hydrogens is 444 g/mol. The van der Waals surface area contributed by atoms with Gasteiger partial charge in [0.1, 0.15) is 11.2 Å². The van der Waals surface area contributed by atoms with E-state index in [9.17, 15) is 9.59 Å². The Morgan fingerprint density at radius 1 is 0.743 bits per heavy atom. The van der Waals surface area contributed by atoms with Crippen molar-refractivity contribution in [3.8, 4) is 0 Å². The van der Waals surface area contributed by atoms with E-state index < -0.39 is 11.2 Å². The second-order valence-electron chi connectivity index (χ2n) is 12.1. The van der Waals surface area contributed by atoms with E-state index in [2.05, 4.69) is 19.1 Å². The number of allylic oxidation sites excluding steroid dienone is 2. The van der Waals surface area contributed by atoms with Gasteiger partial charge in [-0.1, -0.05) is 70.4 Å². The quantitative estimate of drug-likeness (QED) is 0.0931. The summed E-state index contributed by atoms with van der Waals surface area (Å²) < 4.78 is 0. The Hall–Kier alpha value is -1.40. The van der Waals surface area contributed by atoms with Crippen LogP contribution >= 0.6 is 0 Å². The molecule has 0 fully saturated rings. The van der Waals surface area contributed by atoms with E-state index in [-0.39, 0.29) is 23.8 Å². The van der Waals surface area contributed by atoms with Gasteiger partial charge in [0.2, 0.25) is 0 Å². The van der Waals surface area contributed by atoms with Crippen LogP contribution in [0.3, 0.4) is 0 Å². The summed E-state index contributed by atoms with van der Waals surface area (Å²) in [5.41, 5.74) is -0.998. The number of unbranched alkanes of at least 4 members (excludes halogenated alkanes) is 7. The zero-order valence-electron chi connectivity index (χ0n) is 23.5. The molecule has 0 saturated carbocycles. The van der Waals surface area contributed by atoms with Gasteiger partial charge in [-0.3, -0.25) is 9.78 Å². The highest BCUT2D eigenvalue weighted by Crippen LogP contribution is 2.35. The second-order valence-corrected chi connectivity index (χ2v) is 12.1. The minimum atomic E-state index is -0.513. The fourth-order valence-corrected chi connectivity index (χ4v) is 4.25. The molecule has 3 atom stereocenters. The maximum Gasteiger partial charge on any atom is 0.346 e. The molecule has 6 nitrogen and oxygen atoms in total. The third kappa shape index (κ3) is 16.1. The Morgan fingerprint density at radius 2 is 1.31 bits per heavy atom. The lowest BCUT2D eigenvalue weighted by atomic mass is 9.75. The maximum absolute atomic E-state index is 12.9. The summed E-state index contributed by atoms with van der Waals surface area (Å²) >= 11 is 0. The number of hydrogen-bond donors (Lipinski definition) is 0. The van der Waals surface area contributed by atoms with Crippen molar-refractivity contribution < 1.29 is 29.1 Å². The molecule has 0 aromatic heterocycles. The van der Waals surface area contributed by atoms with Crippen molar-refractivity contribution in [1.82, 2.24) is 0 Å². The number of hydrogen-bond acceptors (Lipinski definition) is 6. The molecule has 35 heavy (non-hydrogen) atoms. The Balaban J connectivity index is 2.42. The molecule has 0 aromatic rings. The summed E-state index contributed by atoms with van der Waals surface area (Å²) in [4.78, 5) is 45.1. The van der Waals surface area contributed by atoms with Crippen LogP contribution in [0.4, 0.5) is 0 Å². The van der Waals surface area contributed by atoms with Gasteiger partial charge in [-0.05, 0) is 79.1 Å². The van der Waals surface area contributed by atoms with Crippen LogP contribution in [0, 0.1) is 17.8 Å². The average Bonchev–Trinajstić information content (AvgIpc) is 2.78. The molecule has 204 valence electrons. The molecule has 6 heteroatoms. The van der Waals surface area contributed by atoms with E-state index in [4.69, 9.17) is 19.6 Å². The van der Waals surface area contributed by atoms with Gasteiger partial charge >= 0.3 is 11.9 Å². The predicted octanol–water partition coefficient (Wildman–Crippen LogP) is 8.04. The molecule has 1 aliphatic rings. The predicted molar refractivity (Wildman–Crippen MR) is 139 cm³/mol. The Kier molecular flexibility index (Phi) is 14.8. The minimum absolute atomic E-state index is 0.142. The van der Waals surface area contributed by atoms with Gasteiger partial charge in [-0.25, -0.2) is 9.59 Å². The van der Waals surface area contributed by atoms with Gasteiger partial charge in [0.15, 0.2) is 0 Å². The molecule has 0 saturated heterocycles. The number of carbonyl (C=O) groups excluding carboxylic acids is 2. The number of carbonyl (C=O) groups is 2. The zero-order valence-corrected chi connectivity index (χ0v) is 23.5. The summed E-state index contributed by atoms with van der Waals surface area (Å²) in [5.74, 6) is -0.0462. The third-order valence-electron chi connectivity index (χ3n) is 6.11. The van der Waals surface area contributed by atoms with Gasteiger partial charge in [0.25, 0.3) is 0 Å². The van der Waals surface area contributed by atoms with E-state index >= 15 is 0 Å². The first-order chi connectivity index (χ1) is 16.4. The Labute approximate surface area is 214 Å². The summed E-state index contributed by atoms with van der Waals surface area (Å²) in [7, 11) is 0. The average molecular weight is 497 g/mol. The van der Waals surface area contributed by atoms with E-state index in [1.807, 2.05) is 41.5 Å². The minimum Gasteiger partial charge on any atom is -0.298 e. The van der Waals surface area contributed by atoms with Crippen LogP contribution in [-0.2, 0) is 29.1 Å². The van der Waals surface area contributed by atoms with E-state index in [1.54, 1.807) is 0 Å². The Morgan fingerprint density at radius 3 is 1.97 bits per heavy atom. The first-order valence-corrected chi connectivity index (χ1v) is 13.9. The van der Waals surface area contributed by atoms with Crippen LogP contribution < -0.4 is 0 Å². The van der Waals surface area contributed by atoms with Crippen LogP contribution in [0.15, 0.2) is 12.2 Å². The summed E-state index contributed by atoms with van der Waals surface area (Å²) in [6, 6.07) is 0. The van der Waals surface area contributed by atoms with Gasteiger partial charge < -0.3 is 0 Å². The largest absolute Gasteiger partial charge is 0.346 e. The summed E-state index contributed by atoms with van der Waals surface area (Å²) in [6.45, 7) is 13.4. The van der Waals surface area contributed by atoms with Crippen LogP contribution in [0.1, 0.15) is 132 Å². The van der Waals surface area contributed by atoms with Gasteiger partial charge in [0, 0.05) is 6.42 Å². The molecule has 0 aliphatic heterocycles. The molecule has 3 unspecified atom stereocenters. The van der Waals surface area contributed by atoms with Gasteiger partial charge in [-0.2, -0.15) is 9.78 Å². The lowest BCUT2D eigenvalue weighted by Crippen LogP contribution is -2.32. The second kappa shape index (κ2) is 16.4. The van der Waals surface area contributed by atoms with Crippen molar-refractivity contribution in [2.75, 3.05) is 0 Å². The maximum atomic E-state index is 12.9. The molecule has 0 bridgehead atoms. The smallest absolute Gasteiger partial charge is 0.298 e. The Bertz CT molecular complexity index is 628. The molecule has 1 aliphatic carbocycles. The van der Waals surface area contributed by atoms with Crippen molar-refractivity contribution in [3.05, 3.63) is 12.2 Å². The van der Waals surface area contributed by atoms with E-state index in [1.165, 1.54) is 25.7 Å². The molecule has 0 spiro atoms. The fraction of sp³-hybridized carbons (Fsp3) is 0.862. The molecule has 0 amide bonds. The molecule has 0 N–H and O–H groups in total. The third-order valence-corrected chi connectivity index (χ3v) is 6.11. The van der Waals surface area contributed by atoms with E-state index in [0.717, 1.165) is 51.4 Å². The van der Waals surface area contributed by atoms with Crippen molar-refractivity contribution >= 4 is 11.9 Å². The van der Waals surface area contributed by atoms with Crippen molar-refractivity contribution in [1.29, 1.82) is 0 Å². The van der Waals surface area contributed by atoms with Gasteiger partial charge in [0.05, 0.1) is 5.92 Å². The van der Waals surface area contributed by atoms with Crippen LogP contribution in [0.2, 0.25) is 0 Å². The lowest BCUT2D eigenvalue weighted by molar-refractivity contribution is -0.324. The topological polar surface area (TPSA) is 71.1 Å². The molecule has 1 rings (SSSR count). The standard InChI is InChI=1S/C29H52O6/c1-8-9-10-14-17-23-20-21-24(25(22-23)27(31)33-35-29(5,6)7)18-15-12-11-13-16-19-26(30)32-34-28(2,3)4/h20-21,23-25H,8-19,22H2,1-7H3.